The number of nitrogens with one attached hydrogen (secondary N) is 1. The van der Waals surface area contributed by atoms with Crippen molar-refractivity contribution >= 4 is 29.1 Å². The third kappa shape index (κ3) is 3.51. The van der Waals surface area contributed by atoms with Crippen molar-refractivity contribution in [3.8, 4) is 0 Å². The Labute approximate surface area is 132 Å². The number of hydrogen-bond acceptors (Lipinski definition) is 6. The Morgan fingerprint density at radius 2 is 1.65 bits per heavy atom. The van der Waals surface area contributed by atoms with Crippen molar-refractivity contribution in [1.29, 1.82) is 0 Å². The molecule has 1 aromatic rings. The molecule has 0 unspecified atom stereocenters. The first-order valence-corrected chi connectivity index (χ1v) is 6.96. The van der Waals surface area contributed by atoms with Gasteiger partial charge in [0.15, 0.2) is 11.6 Å². The number of anilines is 1. The number of Topliss-reactive ketones (excluding diaryl/α,β-unsaturated/α-hetero) is 2. The van der Waals surface area contributed by atoms with Gasteiger partial charge in [-0.1, -0.05) is 0 Å². The first kappa shape index (κ1) is 16.6. The minimum Gasteiger partial charge on any atom is -0.395 e. The second-order valence-corrected chi connectivity index (χ2v) is 5.11. The zero-order chi connectivity index (χ0) is 17.1. The zero-order valence-corrected chi connectivity index (χ0v) is 12.8. The summed E-state index contributed by atoms with van der Waals surface area (Å²) in [6, 6.07) is 4.48. The van der Waals surface area contributed by atoms with E-state index in [4.69, 9.17) is 5.11 Å². The van der Waals surface area contributed by atoms with E-state index in [1.807, 2.05) is 0 Å². The number of β-amino-alcohol motifs (C(OH)–C–C–N with tert-alkyl or cyclic N) is 1. The van der Waals surface area contributed by atoms with Crippen molar-refractivity contribution in [2.75, 3.05) is 18.5 Å². The molecule has 0 fully saturated rings. The number of carbonyl (C=O) groups excluding carboxylic acids is 4. The van der Waals surface area contributed by atoms with Gasteiger partial charge in [-0.3, -0.25) is 24.1 Å². The van der Waals surface area contributed by atoms with E-state index < -0.39 is 11.8 Å². The summed E-state index contributed by atoms with van der Waals surface area (Å²) in [7, 11) is 0. The van der Waals surface area contributed by atoms with Gasteiger partial charge in [-0.25, -0.2) is 0 Å². The van der Waals surface area contributed by atoms with E-state index in [1.54, 1.807) is 0 Å². The van der Waals surface area contributed by atoms with Crippen LogP contribution in [0.4, 0.5) is 5.69 Å². The predicted octanol–water partition coefficient (Wildman–Crippen LogP) is 0.749. The molecule has 7 heteroatoms. The second-order valence-electron chi connectivity index (χ2n) is 5.11. The predicted molar refractivity (Wildman–Crippen MR) is 82.0 cm³/mol. The number of carbonyl (C=O) groups is 4. The number of hydrogen-bond donors (Lipinski definition) is 2. The lowest BCUT2D eigenvalue weighted by molar-refractivity contribution is -0.137. The van der Waals surface area contributed by atoms with E-state index >= 15 is 0 Å². The second kappa shape index (κ2) is 6.53. The molecule has 0 atom stereocenters. The molecule has 0 saturated heterocycles. The highest BCUT2D eigenvalue weighted by Crippen LogP contribution is 2.21. The van der Waals surface area contributed by atoms with E-state index in [0.717, 1.165) is 11.0 Å². The van der Waals surface area contributed by atoms with Gasteiger partial charge in [0.1, 0.15) is 5.70 Å². The van der Waals surface area contributed by atoms with E-state index in [9.17, 15) is 19.2 Å². The first-order valence-electron chi connectivity index (χ1n) is 6.96. The summed E-state index contributed by atoms with van der Waals surface area (Å²) in [5.74, 6) is -1.54. The van der Waals surface area contributed by atoms with Crippen LogP contribution in [0.1, 0.15) is 34.6 Å². The van der Waals surface area contributed by atoms with E-state index in [1.165, 1.54) is 32.0 Å². The summed E-state index contributed by atoms with van der Waals surface area (Å²) < 4.78 is 0. The van der Waals surface area contributed by atoms with Crippen molar-refractivity contribution in [2.45, 2.75) is 13.8 Å². The smallest absolute Gasteiger partial charge is 0.277 e. The van der Waals surface area contributed by atoms with Crippen LogP contribution in [-0.2, 0) is 9.59 Å². The molecule has 2 rings (SSSR count). The maximum Gasteiger partial charge on any atom is 0.277 e. The number of aliphatic hydroxyl groups excluding tert-OH is 1. The lowest BCUT2D eigenvalue weighted by Gasteiger charge is -2.14. The van der Waals surface area contributed by atoms with Crippen LogP contribution in [0, 0.1) is 0 Å². The van der Waals surface area contributed by atoms with Crippen LogP contribution in [0.25, 0.3) is 0 Å². The average molecular weight is 316 g/mol. The maximum absolute atomic E-state index is 12.1. The Morgan fingerprint density at radius 1 is 1.09 bits per heavy atom. The van der Waals surface area contributed by atoms with Crippen LogP contribution < -0.4 is 5.32 Å². The number of nitrogens with zero attached hydrogens (tertiary/aromatic N) is 1. The fourth-order valence-electron chi connectivity index (χ4n) is 2.17. The molecule has 1 aromatic carbocycles. The van der Waals surface area contributed by atoms with Crippen LogP contribution in [0.2, 0.25) is 0 Å². The quantitative estimate of drug-likeness (QED) is 0.593. The van der Waals surface area contributed by atoms with Gasteiger partial charge in [0.2, 0.25) is 0 Å². The normalized spacial score (nSPS) is 14.0. The highest BCUT2D eigenvalue weighted by molar-refractivity contribution is 6.17. The van der Waals surface area contributed by atoms with Crippen LogP contribution in [-0.4, -0.2) is 46.5 Å². The largest absolute Gasteiger partial charge is 0.395 e. The van der Waals surface area contributed by atoms with E-state index in [0.29, 0.717) is 16.8 Å². The number of rotatable bonds is 6. The number of benzene rings is 1. The monoisotopic (exact) mass is 316 g/mol. The summed E-state index contributed by atoms with van der Waals surface area (Å²) in [4.78, 5) is 47.8. The summed E-state index contributed by atoms with van der Waals surface area (Å²) in [5, 5.41) is 11.6. The summed E-state index contributed by atoms with van der Waals surface area (Å²) in [5.41, 5.74) is 1.04. The molecular formula is C16H16N2O5. The van der Waals surface area contributed by atoms with Crippen LogP contribution in [0.3, 0.4) is 0 Å². The number of imide groups is 1. The molecule has 0 aliphatic carbocycles. The van der Waals surface area contributed by atoms with Crippen LogP contribution >= 0.6 is 0 Å². The van der Waals surface area contributed by atoms with Gasteiger partial charge >= 0.3 is 0 Å². The molecular weight excluding hydrogens is 300 g/mol. The summed E-state index contributed by atoms with van der Waals surface area (Å²) >= 11 is 0. The van der Waals surface area contributed by atoms with Crippen molar-refractivity contribution < 1.29 is 24.3 Å². The molecule has 120 valence electrons. The Bertz CT molecular complexity index is 704. The van der Waals surface area contributed by atoms with Crippen molar-refractivity contribution in [3.05, 3.63) is 41.1 Å². The molecule has 2 amide bonds. The molecule has 0 spiro atoms. The fraction of sp³-hybridized carbons (Fsp3) is 0.250. The third-order valence-electron chi connectivity index (χ3n) is 3.36. The van der Waals surface area contributed by atoms with Crippen LogP contribution in [0.5, 0.6) is 0 Å². The number of aliphatic hydroxyl groups is 1. The van der Waals surface area contributed by atoms with Gasteiger partial charge in [0, 0.05) is 22.9 Å². The standard InChI is InChI=1S/C16H16N2O5/c1-9(20)11-5-12(10(2)21)7-13(6-11)17-14-8-15(22)18(3-4-19)16(14)23/h5-8,17,19H,3-4H2,1-2H3. The van der Waals surface area contributed by atoms with E-state index in [2.05, 4.69) is 5.32 Å². The Kier molecular flexibility index (Phi) is 4.71. The van der Waals surface area contributed by atoms with Gasteiger partial charge in [-0.15, -0.1) is 0 Å². The molecule has 0 aromatic heterocycles. The molecule has 1 heterocycles. The zero-order valence-electron chi connectivity index (χ0n) is 12.8. The molecule has 7 nitrogen and oxygen atoms in total. The van der Waals surface area contributed by atoms with Crippen molar-refractivity contribution in [3.63, 3.8) is 0 Å². The topological polar surface area (TPSA) is 104 Å². The SMILES string of the molecule is CC(=O)c1cc(NC2=CC(=O)N(CCO)C2=O)cc(C(C)=O)c1. The highest BCUT2D eigenvalue weighted by atomic mass is 16.3. The molecule has 0 bridgehead atoms. The Morgan fingerprint density at radius 3 is 2.13 bits per heavy atom. The Balaban J connectivity index is 2.32. The minimum absolute atomic E-state index is 0.0265. The maximum atomic E-state index is 12.1. The highest BCUT2D eigenvalue weighted by Gasteiger charge is 2.30. The van der Waals surface area contributed by atoms with Crippen LogP contribution in [0.15, 0.2) is 30.0 Å². The van der Waals surface area contributed by atoms with Crippen molar-refractivity contribution in [2.24, 2.45) is 0 Å². The Hall–Kier alpha value is -2.80. The van der Waals surface area contributed by atoms with Gasteiger partial charge in [0.05, 0.1) is 13.2 Å². The average Bonchev–Trinajstić information content (AvgIpc) is 2.75. The van der Waals surface area contributed by atoms with Gasteiger partial charge in [-0.05, 0) is 32.0 Å². The van der Waals surface area contributed by atoms with Gasteiger partial charge < -0.3 is 10.4 Å². The fourth-order valence-corrected chi connectivity index (χ4v) is 2.17. The molecule has 2 N–H and O–H groups in total. The molecule has 1 aliphatic heterocycles. The van der Waals surface area contributed by atoms with Gasteiger partial charge in [-0.2, -0.15) is 0 Å². The molecule has 23 heavy (non-hydrogen) atoms. The van der Waals surface area contributed by atoms with Crippen molar-refractivity contribution in [1.82, 2.24) is 4.90 Å². The van der Waals surface area contributed by atoms with E-state index in [-0.39, 0.29) is 30.4 Å². The van der Waals surface area contributed by atoms with Gasteiger partial charge in [0.25, 0.3) is 11.8 Å². The summed E-state index contributed by atoms with van der Waals surface area (Å²) in [6.07, 6.45) is 1.12. The molecule has 0 saturated carbocycles. The molecule has 1 aliphatic rings. The summed E-state index contributed by atoms with van der Waals surface area (Å²) in [6.45, 7) is 2.32. The minimum atomic E-state index is -0.568. The molecule has 0 radical (unpaired) electrons. The number of amides is 2. The third-order valence-corrected chi connectivity index (χ3v) is 3.36. The lowest BCUT2D eigenvalue weighted by Crippen LogP contribution is -2.34. The first-order chi connectivity index (χ1) is 10.8. The number of ketones is 2. The lowest BCUT2D eigenvalue weighted by atomic mass is 10.0.